The minimum absolute atomic E-state index is 0.00966. The number of para-hydroxylation sites is 1. The lowest BCUT2D eigenvalue weighted by Gasteiger charge is -2.28. The fraction of sp³-hybridized carbons (Fsp3) is 0.100. The van der Waals surface area contributed by atoms with Crippen LogP contribution < -0.4 is 11.1 Å². The Balaban J connectivity index is 2.11. The van der Waals surface area contributed by atoms with Crippen LogP contribution in [0.15, 0.2) is 71.3 Å². The number of allylic oxidation sites excluding steroid dienone is 2. The maximum absolute atomic E-state index is 13.0. The van der Waals surface area contributed by atoms with Crippen LogP contribution in [0.4, 0.5) is 11.4 Å². The standard InChI is InChI=1S/C20H15ClN4O4/c1-11-17(20(26)24-12-5-3-2-4-6-12)18(15(10-22)19(23)29-11)14-8-7-13(25(27)28)9-16(14)21/h2-9,18H,23H2,1H3,(H,24,26)/t18-/m1/s1. The van der Waals surface area contributed by atoms with Gasteiger partial charge in [0.2, 0.25) is 5.88 Å². The van der Waals surface area contributed by atoms with Crippen LogP contribution in [0.25, 0.3) is 0 Å². The van der Waals surface area contributed by atoms with Crippen molar-refractivity contribution in [3.8, 4) is 6.07 Å². The summed E-state index contributed by atoms with van der Waals surface area (Å²) in [6, 6.07) is 14.5. The first-order chi connectivity index (χ1) is 13.8. The van der Waals surface area contributed by atoms with Crippen molar-refractivity contribution in [2.75, 3.05) is 5.32 Å². The zero-order valence-electron chi connectivity index (χ0n) is 15.2. The Bertz CT molecular complexity index is 1100. The molecule has 8 nitrogen and oxygen atoms in total. The molecule has 0 bridgehead atoms. The number of benzene rings is 2. The quantitative estimate of drug-likeness (QED) is 0.579. The Labute approximate surface area is 171 Å². The van der Waals surface area contributed by atoms with E-state index in [1.807, 2.05) is 6.07 Å². The molecule has 1 aliphatic rings. The summed E-state index contributed by atoms with van der Waals surface area (Å²) in [7, 11) is 0. The molecule has 2 aromatic carbocycles. The van der Waals surface area contributed by atoms with E-state index < -0.39 is 16.7 Å². The van der Waals surface area contributed by atoms with Gasteiger partial charge in [0.05, 0.1) is 21.4 Å². The van der Waals surface area contributed by atoms with E-state index in [9.17, 15) is 20.2 Å². The summed E-state index contributed by atoms with van der Waals surface area (Å²) < 4.78 is 5.42. The molecule has 0 aliphatic carbocycles. The number of hydrogen-bond donors (Lipinski definition) is 2. The van der Waals surface area contributed by atoms with Crippen molar-refractivity contribution in [1.29, 1.82) is 5.26 Å². The Morgan fingerprint density at radius 3 is 2.59 bits per heavy atom. The van der Waals surface area contributed by atoms with Crippen LogP contribution in [0.5, 0.6) is 0 Å². The van der Waals surface area contributed by atoms with Crippen LogP contribution in [0.3, 0.4) is 0 Å². The summed E-state index contributed by atoms with van der Waals surface area (Å²) in [5.41, 5.74) is 6.66. The number of carbonyl (C=O) groups is 1. The molecule has 1 heterocycles. The molecule has 2 aromatic rings. The van der Waals surface area contributed by atoms with Gasteiger partial charge in [-0.05, 0) is 30.7 Å². The van der Waals surface area contributed by atoms with Gasteiger partial charge in [-0.2, -0.15) is 5.26 Å². The minimum Gasteiger partial charge on any atom is -0.445 e. The van der Waals surface area contributed by atoms with E-state index in [1.54, 1.807) is 37.3 Å². The summed E-state index contributed by atoms with van der Waals surface area (Å²) in [6.07, 6.45) is 0. The Kier molecular flexibility index (Phi) is 5.52. The Hall–Kier alpha value is -3.83. The fourth-order valence-corrected chi connectivity index (χ4v) is 3.35. The monoisotopic (exact) mass is 410 g/mol. The first kappa shape index (κ1) is 19.9. The maximum atomic E-state index is 13.0. The lowest BCUT2D eigenvalue weighted by molar-refractivity contribution is -0.384. The van der Waals surface area contributed by atoms with E-state index in [1.165, 1.54) is 18.2 Å². The average molecular weight is 411 g/mol. The molecule has 3 N–H and O–H groups in total. The number of ether oxygens (including phenoxy) is 1. The number of hydrogen-bond acceptors (Lipinski definition) is 6. The fourth-order valence-electron chi connectivity index (χ4n) is 3.07. The van der Waals surface area contributed by atoms with E-state index in [0.717, 1.165) is 0 Å². The topological polar surface area (TPSA) is 131 Å². The number of nitro groups is 1. The van der Waals surface area contributed by atoms with Crippen LogP contribution in [-0.4, -0.2) is 10.8 Å². The zero-order valence-corrected chi connectivity index (χ0v) is 15.9. The van der Waals surface area contributed by atoms with Crippen LogP contribution in [0, 0.1) is 21.4 Å². The van der Waals surface area contributed by atoms with E-state index in [4.69, 9.17) is 22.1 Å². The molecule has 0 unspecified atom stereocenters. The molecule has 0 saturated heterocycles. The number of nitrogens with zero attached hydrogens (tertiary/aromatic N) is 2. The third-order valence-corrected chi connectivity index (χ3v) is 4.72. The molecule has 0 radical (unpaired) electrons. The number of anilines is 1. The number of nitrogens with one attached hydrogen (secondary N) is 1. The Morgan fingerprint density at radius 1 is 1.31 bits per heavy atom. The number of nitro benzene ring substituents is 1. The van der Waals surface area contributed by atoms with Crippen molar-refractivity contribution in [1.82, 2.24) is 0 Å². The van der Waals surface area contributed by atoms with Crippen LogP contribution in [-0.2, 0) is 9.53 Å². The molecule has 3 rings (SSSR count). The smallest absolute Gasteiger partial charge is 0.270 e. The van der Waals surface area contributed by atoms with Crippen LogP contribution in [0.2, 0.25) is 5.02 Å². The first-order valence-electron chi connectivity index (χ1n) is 8.42. The normalized spacial score (nSPS) is 16.1. The van der Waals surface area contributed by atoms with Crippen molar-refractivity contribution in [3.63, 3.8) is 0 Å². The average Bonchev–Trinajstić information content (AvgIpc) is 2.68. The predicted molar refractivity (Wildman–Crippen MR) is 107 cm³/mol. The zero-order chi connectivity index (χ0) is 21.1. The molecular formula is C20H15ClN4O4. The lowest BCUT2D eigenvalue weighted by atomic mass is 9.82. The Morgan fingerprint density at radius 2 is 2.00 bits per heavy atom. The van der Waals surface area contributed by atoms with E-state index in [2.05, 4.69) is 5.32 Å². The SMILES string of the molecule is CC1=C(C(=O)Nc2ccccc2)[C@H](c2ccc([N+](=O)[O-])cc2Cl)C(C#N)=C(N)O1. The number of rotatable bonds is 4. The highest BCUT2D eigenvalue weighted by Crippen LogP contribution is 2.42. The second-order valence-corrected chi connectivity index (χ2v) is 6.58. The van der Waals surface area contributed by atoms with Gasteiger partial charge in [-0.25, -0.2) is 0 Å². The van der Waals surface area contributed by atoms with Crippen molar-refractivity contribution >= 4 is 28.9 Å². The molecule has 1 aliphatic heterocycles. The van der Waals surface area contributed by atoms with Crippen molar-refractivity contribution in [2.45, 2.75) is 12.8 Å². The van der Waals surface area contributed by atoms with Gasteiger partial charge in [-0.1, -0.05) is 29.8 Å². The summed E-state index contributed by atoms with van der Waals surface area (Å²) in [6.45, 7) is 1.55. The molecule has 1 amide bonds. The summed E-state index contributed by atoms with van der Waals surface area (Å²) in [4.78, 5) is 23.5. The molecule has 0 aromatic heterocycles. The molecule has 146 valence electrons. The third kappa shape index (κ3) is 3.90. The predicted octanol–water partition coefficient (Wildman–Crippen LogP) is 3.97. The van der Waals surface area contributed by atoms with Crippen molar-refractivity contribution < 1.29 is 14.5 Å². The molecule has 0 saturated carbocycles. The van der Waals surface area contributed by atoms with E-state index >= 15 is 0 Å². The highest BCUT2D eigenvalue weighted by Gasteiger charge is 2.37. The molecular weight excluding hydrogens is 396 g/mol. The van der Waals surface area contributed by atoms with E-state index in [-0.39, 0.29) is 33.5 Å². The van der Waals surface area contributed by atoms with Gasteiger partial charge in [-0.15, -0.1) is 0 Å². The number of nitrogens with two attached hydrogens (primary N) is 1. The van der Waals surface area contributed by atoms with Crippen molar-refractivity contribution in [2.24, 2.45) is 5.73 Å². The van der Waals surface area contributed by atoms with Crippen LogP contribution >= 0.6 is 11.6 Å². The van der Waals surface area contributed by atoms with Gasteiger partial charge in [0.1, 0.15) is 17.4 Å². The summed E-state index contributed by atoms with van der Waals surface area (Å²) >= 11 is 6.28. The molecule has 1 atom stereocenters. The number of carbonyl (C=O) groups excluding carboxylic acids is 1. The molecule has 0 spiro atoms. The second kappa shape index (κ2) is 8.04. The first-order valence-corrected chi connectivity index (χ1v) is 8.80. The summed E-state index contributed by atoms with van der Waals surface area (Å²) in [5.74, 6) is -1.39. The lowest BCUT2D eigenvalue weighted by Crippen LogP contribution is -2.28. The van der Waals surface area contributed by atoms with Gasteiger partial charge < -0.3 is 15.8 Å². The minimum atomic E-state index is -0.939. The maximum Gasteiger partial charge on any atom is 0.270 e. The molecule has 9 heteroatoms. The van der Waals surface area contributed by atoms with Gasteiger partial charge >= 0.3 is 0 Å². The number of non-ortho nitro benzene ring substituents is 1. The highest BCUT2D eigenvalue weighted by atomic mass is 35.5. The highest BCUT2D eigenvalue weighted by molar-refractivity contribution is 6.31. The van der Waals surface area contributed by atoms with Gasteiger partial charge in [-0.3, -0.25) is 14.9 Å². The molecule has 0 fully saturated rings. The van der Waals surface area contributed by atoms with Crippen LogP contribution in [0.1, 0.15) is 18.4 Å². The summed E-state index contributed by atoms with van der Waals surface area (Å²) in [5, 5.41) is 23.4. The van der Waals surface area contributed by atoms with Gasteiger partial charge in [0, 0.05) is 17.8 Å². The number of nitriles is 1. The number of amides is 1. The number of halogens is 1. The van der Waals surface area contributed by atoms with Gasteiger partial charge in [0.15, 0.2) is 0 Å². The van der Waals surface area contributed by atoms with Crippen molar-refractivity contribution in [3.05, 3.63) is 92.0 Å². The molecule has 29 heavy (non-hydrogen) atoms. The van der Waals surface area contributed by atoms with Gasteiger partial charge in [0.25, 0.3) is 11.6 Å². The third-order valence-electron chi connectivity index (χ3n) is 4.39. The second-order valence-electron chi connectivity index (χ2n) is 6.18. The van der Waals surface area contributed by atoms with E-state index in [0.29, 0.717) is 11.3 Å². The largest absolute Gasteiger partial charge is 0.445 e.